The number of carbonyl (C=O) groups excluding carboxylic acids is 1. The van der Waals surface area contributed by atoms with Gasteiger partial charge in [0.25, 0.3) is 5.91 Å². The van der Waals surface area contributed by atoms with Crippen LogP contribution in [0.1, 0.15) is 41.1 Å². The predicted octanol–water partition coefficient (Wildman–Crippen LogP) is 4.08. The molecule has 0 fully saturated rings. The van der Waals surface area contributed by atoms with Crippen molar-refractivity contribution in [2.24, 2.45) is 0 Å². The fraction of sp³-hybridized carbons (Fsp3) is 0.211. The highest BCUT2D eigenvalue weighted by Gasteiger charge is 2.42. The van der Waals surface area contributed by atoms with E-state index in [-0.39, 0.29) is 11.9 Å². The van der Waals surface area contributed by atoms with Gasteiger partial charge in [-0.25, -0.2) is 0 Å². The van der Waals surface area contributed by atoms with E-state index in [0.29, 0.717) is 17.3 Å². The standard InChI is InChI=1S/C19H17ClN4O/c1-2-11-24-18(14-5-3-4-10-21-14)15-16(22-23-17(15)19(24)25)12-6-8-13(20)9-7-12/h3-10,18H,2,11H2,1H3,(H,22,23). The van der Waals surface area contributed by atoms with E-state index in [2.05, 4.69) is 22.1 Å². The molecular formula is C19H17ClN4O. The van der Waals surface area contributed by atoms with E-state index in [1.54, 1.807) is 6.20 Å². The van der Waals surface area contributed by atoms with E-state index in [4.69, 9.17) is 11.6 Å². The second-order valence-corrected chi connectivity index (χ2v) is 6.46. The minimum absolute atomic E-state index is 0.0276. The average molecular weight is 353 g/mol. The summed E-state index contributed by atoms with van der Waals surface area (Å²) in [6, 6.07) is 13.0. The van der Waals surface area contributed by atoms with Gasteiger partial charge < -0.3 is 4.90 Å². The maximum absolute atomic E-state index is 12.9. The van der Waals surface area contributed by atoms with Gasteiger partial charge in [-0.3, -0.25) is 14.9 Å². The molecule has 25 heavy (non-hydrogen) atoms. The molecule has 1 aliphatic heterocycles. The van der Waals surface area contributed by atoms with E-state index in [1.807, 2.05) is 47.4 Å². The first-order valence-corrected chi connectivity index (χ1v) is 8.64. The second-order valence-electron chi connectivity index (χ2n) is 6.02. The van der Waals surface area contributed by atoms with Gasteiger partial charge in [-0.1, -0.05) is 36.7 Å². The number of amides is 1. The maximum Gasteiger partial charge on any atom is 0.273 e. The van der Waals surface area contributed by atoms with E-state index < -0.39 is 0 Å². The number of fused-ring (bicyclic) bond motifs is 1. The summed E-state index contributed by atoms with van der Waals surface area (Å²) in [5, 5.41) is 8.02. The smallest absolute Gasteiger partial charge is 0.273 e. The number of rotatable bonds is 4. The number of aromatic amines is 1. The zero-order valence-corrected chi connectivity index (χ0v) is 14.5. The van der Waals surface area contributed by atoms with Crippen LogP contribution in [0, 0.1) is 0 Å². The molecule has 1 unspecified atom stereocenters. The predicted molar refractivity (Wildman–Crippen MR) is 96.4 cm³/mol. The van der Waals surface area contributed by atoms with E-state index in [9.17, 15) is 4.79 Å². The van der Waals surface area contributed by atoms with Crippen molar-refractivity contribution < 1.29 is 4.79 Å². The Bertz CT molecular complexity index is 905. The topological polar surface area (TPSA) is 61.9 Å². The molecule has 1 aliphatic rings. The summed E-state index contributed by atoms with van der Waals surface area (Å²) in [5.74, 6) is -0.0276. The molecule has 3 aromatic rings. The van der Waals surface area contributed by atoms with Gasteiger partial charge >= 0.3 is 0 Å². The first kappa shape index (κ1) is 15.8. The first-order valence-electron chi connectivity index (χ1n) is 8.26. The first-order chi connectivity index (χ1) is 12.2. The van der Waals surface area contributed by atoms with E-state index in [0.717, 1.165) is 28.9 Å². The van der Waals surface area contributed by atoms with Crippen molar-refractivity contribution >= 4 is 17.5 Å². The molecule has 2 aromatic heterocycles. The number of nitrogens with one attached hydrogen (secondary N) is 1. The third kappa shape index (κ3) is 2.61. The zero-order chi connectivity index (χ0) is 17.4. The highest BCUT2D eigenvalue weighted by Crippen LogP contribution is 2.42. The Hall–Kier alpha value is -2.66. The lowest BCUT2D eigenvalue weighted by atomic mass is 9.99. The van der Waals surface area contributed by atoms with Crippen LogP contribution in [0.25, 0.3) is 11.3 Å². The van der Waals surface area contributed by atoms with Gasteiger partial charge in [0.2, 0.25) is 0 Å². The molecule has 0 bridgehead atoms. The molecule has 4 rings (SSSR count). The van der Waals surface area contributed by atoms with Crippen LogP contribution >= 0.6 is 11.6 Å². The molecule has 3 heterocycles. The molecule has 0 radical (unpaired) electrons. The van der Waals surface area contributed by atoms with Crippen LogP contribution in [0.5, 0.6) is 0 Å². The molecule has 0 saturated carbocycles. The van der Waals surface area contributed by atoms with Crippen molar-refractivity contribution in [2.45, 2.75) is 19.4 Å². The van der Waals surface area contributed by atoms with Gasteiger partial charge in [0.05, 0.1) is 11.4 Å². The Balaban J connectivity index is 1.88. The number of hydrogen-bond donors (Lipinski definition) is 1. The Morgan fingerprint density at radius 3 is 2.68 bits per heavy atom. The van der Waals surface area contributed by atoms with E-state index in [1.165, 1.54) is 0 Å². The minimum atomic E-state index is -0.229. The summed E-state index contributed by atoms with van der Waals surface area (Å²) in [6.07, 6.45) is 2.63. The summed E-state index contributed by atoms with van der Waals surface area (Å²) < 4.78 is 0. The van der Waals surface area contributed by atoms with Crippen LogP contribution in [0.4, 0.5) is 0 Å². The van der Waals surface area contributed by atoms with Gasteiger partial charge in [-0.05, 0) is 30.7 Å². The minimum Gasteiger partial charge on any atom is -0.324 e. The highest BCUT2D eigenvalue weighted by molar-refractivity contribution is 6.30. The van der Waals surface area contributed by atoms with Crippen molar-refractivity contribution in [2.75, 3.05) is 6.54 Å². The second kappa shape index (κ2) is 6.33. The van der Waals surface area contributed by atoms with Crippen molar-refractivity contribution in [3.05, 3.63) is 70.6 Å². The quantitative estimate of drug-likeness (QED) is 0.769. The number of nitrogens with zero attached hydrogens (tertiary/aromatic N) is 3. The lowest BCUT2D eigenvalue weighted by Gasteiger charge is -2.25. The summed E-state index contributed by atoms with van der Waals surface area (Å²) >= 11 is 6.00. The fourth-order valence-electron chi connectivity index (χ4n) is 3.34. The van der Waals surface area contributed by atoms with Crippen molar-refractivity contribution in [1.82, 2.24) is 20.1 Å². The van der Waals surface area contributed by atoms with Crippen LogP contribution in [0.2, 0.25) is 5.02 Å². The Labute approximate surface area is 150 Å². The average Bonchev–Trinajstić information content (AvgIpc) is 3.17. The third-order valence-electron chi connectivity index (χ3n) is 4.41. The molecule has 1 amide bonds. The van der Waals surface area contributed by atoms with E-state index >= 15 is 0 Å². The van der Waals surface area contributed by atoms with Crippen molar-refractivity contribution in [3.63, 3.8) is 0 Å². The number of carbonyl (C=O) groups is 1. The fourth-order valence-corrected chi connectivity index (χ4v) is 3.47. The lowest BCUT2D eigenvalue weighted by molar-refractivity contribution is 0.0741. The largest absolute Gasteiger partial charge is 0.324 e. The SMILES string of the molecule is CCCN1C(=O)c2[nH]nc(-c3ccc(Cl)cc3)c2C1c1ccccn1. The Morgan fingerprint density at radius 2 is 2.00 bits per heavy atom. The maximum atomic E-state index is 12.9. The number of halogens is 1. The summed E-state index contributed by atoms with van der Waals surface area (Å²) in [7, 11) is 0. The molecule has 6 heteroatoms. The van der Waals surface area contributed by atoms with Crippen molar-refractivity contribution in [1.29, 1.82) is 0 Å². The van der Waals surface area contributed by atoms with Gasteiger partial charge in [0, 0.05) is 28.9 Å². The number of H-pyrrole nitrogens is 1. The lowest BCUT2D eigenvalue weighted by Crippen LogP contribution is -2.30. The molecule has 0 spiro atoms. The van der Waals surface area contributed by atoms with Gasteiger partial charge in [0.15, 0.2) is 0 Å². The molecule has 5 nitrogen and oxygen atoms in total. The Kier molecular flexibility index (Phi) is 4.01. The summed E-state index contributed by atoms with van der Waals surface area (Å²) in [4.78, 5) is 19.2. The van der Waals surface area contributed by atoms with Crippen LogP contribution < -0.4 is 0 Å². The molecular weight excluding hydrogens is 336 g/mol. The van der Waals surface area contributed by atoms with Crippen LogP contribution in [-0.4, -0.2) is 32.5 Å². The van der Waals surface area contributed by atoms with Gasteiger partial charge in [-0.2, -0.15) is 5.10 Å². The number of benzene rings is 1. The summed E-state index contributed by atoms with van der Waals surface area (Å²) in [5.41, 5.74) is 3.98. The normalized spacial score (nSPS) is 16.3. The molecule has 1 atom stereocenters. The molecule has 126 valence electrons. The monoisotopic (exact) mass is 352 g/mol. The molecule has 0 saturated heterocycles. The number of hydrogen-bond acceptors (Lipinski definition) is 3. The molecule has 1 aromatic carbocycles. The van der Waals surface area contributed by atoms with Crippen LogP contribution in [-0.2, 0) is 0 Å². The van der Waals surface area contributed by atoms with Crippen LogP contribution in [0.15, 0.2) is 48.7 Å². The third-order valence-corrected chi connectivity index (χ3v) is 4.67. The van der Waals surface area contributed by atoms with Crippen molar-refractivity contribution in [3.8, 4) is 11.3 Å². The highest BCUT2D eigenvalue weighted by atomic mass is 35.5. The number of pyridine rings is 1. The number of aromatic nitrogens is 3. The zero-order valence-electron chi connectivity index (χ0n) is 13.7. The van der Waals surface area contributed by atoms with Crippen LogP contribution in [0.3, 0.4) is 0 Å². The van der Waals surface area contributed by atoms with Gasteiger partial charge in [0.1, 0.15) is 11.7 Å². The van der Waals surface area contributed by atoms with Gasteiger partial charge in [-0.15, -0.1) is 0 Å². The molecule has 0 aliphatic carbocycles. The summed E-state index contributed by atoms with van der Waals surface area (Å²) in [6.45, 7) is 2.73. The Morgan fingerprint density at radius 1 is 1.20 bits per heavy atom. The molecule has 1 N–H and O–H groups in total.